The molecular weight excluding hydrogens is 170 g/mol. The molecule has 1 atom stereocenters. The third-order valence-electron chi connectivity index (χ3n) is 2.88. The maximum atomic E-state index is 3.57. The summed E-state index contributed by atoms with van der Waals surface area (Å²) in [5, 5.41) is 3.57. The number of hydrogen-bond donors (Lipinski definition) is 1. The van der Waals surface area contributed by atoms with Gasteiger partial charge in [0.05, 0.1) is 0 Å². The van der Waals surface area contributed by atoms with Gasteiger partial charge in [-0.1, -0.05) is 39.0 Å². The van der Waals surface area contributed by atoms with Gasteiger partial charge in [0.15, 0.2) is 0 Å². The first kappa shape index (κ1) is 9.57. The molecular formula is C13H19N. The zero-order chi connectivity index (χ0) is 10.3. The molecule has 1 heterocycles. The van der Waals surface area contributed by atoms with Crippen molar-refractivity contribution >= 4 is 5.69 Å². The molecule has 76 valence electrons. The fourth-order valence-corrected chi connectivity index (χ4v) is 2.19. The van der Waals surface area contributed by atoms with Crippen molar-refractivity contribution in [1.82, 2.24) is 0 Å². The van der Waals surface area contributed by atoms with Gasteiger partial charge in [-0.3, -0.25) is 0 Å². The lowest BCUT2D eigenvalue weighted by Gasteiger charge is -2.22. The van der Waals surface area contributed by atoms with Crippen LogP contribution in [0.2, 0.25) is 0 Å². The molecule has 0 aliphatic carbocycles. The first-order valence-corrected chi connectivity index (χ1v) is 5.37. The molecule has 1 heteroatoms. The Morgan fingerprint density at radius 1 is 1.29 bits per heavy atom. The summed E-state index contributed by atoms with van der Waals surface area (Å²) in [5.74, 6) is 0. The second-order valence-corrected chi connectivity index (χ2v) is 5.34. The second-order valence-electron chi connectivity index (χ2n) is 5.34. The minimum Gasteiger partial charge on any atom is -0.382 e. The molecule has 1 nitrogen and oxygen atoms in total. The van der Waals surface area contributed by atoms with Crippen LogP contribution in [0, 0.1) is 0 Å². The van der Waals surface area contributed by atoms with Gasteiger partial charge in [0.1, 0.15) is 0 Å². The molecule has 0 bridgehead atoms. The van der Waals surface area contributed by atoms with Gasteiger partial charge < -0.3 is 5.32 Å². The van der Waals surface area contributed by atoms with Gasteiger partial charge in [-0.2, -0.15) is 0 Å². The summed E-state index contributed by atoms with van der Waals surface area (Å²) in [6.07, 6.45) is 1.17. The Morgan fingerprint density at radius 3 is 2.64 bits per heavy atom. The van der Waals surface area contributed by atoms with Gasteiger partial charge in [0.2, 0.25) is 0 Å². The molecule has 0 saturated carbocycles. The zero-order valence-corrected chi connectivity index (χ0v) is 9.52. The summed E-state index contributed by atoms with van der Waals surface area (Å²) < 4.78 is 0. The van der Waals surface area contributed by atoms with Crippen LogP contribution in [-0.2, 0) is 11.8 Å². The van der Waals surface area contributed by atoms with Gasteiger partial charge >= 0.3 is 0 Å². The molecule has 1 N–H and O–H groups in total. The van der Waals surface area contributed by atoms with Crippen LogP contribution in [0.15, 0.2) is 18.2 Å². The van der Waals surface area contributed by atoms with E-state index in [4.69, 9.17) is 0 Å². The fourth-order valence-electron chi connectivity index (χ4n) is 2.19. The van der Waals surface area contributed by atoms with E-state index in [-0.39, 0.29) is 5.41 Å². The van der Waals surface area contributed by atoms with E-state index < -0.39 is 0 Å². The molecule has 1 aliphatic heterocycles. The van der Waals surface area contributed by atoms with E-state index in [1.807, 2.05) is 0 Å². The van der Waals surface area contributed by atoms with Crippen molar-refractivity contribution in [3.05, 3.63) is 29.3 Å². The summed E-state index contributed by atoms with van der Waals surface area (Å²) in [6, 6.07) is 7.25. The van der Waals surface area contributed by atoms with E-state index in [1.54, 1.807) is 0 Å². The van der Waals surface area contributed by atoms with Gasteiger partial charge in [-0.05, 0) is 29.9 Å². The number of anilines is 1. The normalized spacial score (nSPS) is 20.4. The number of para-hydroxylation sites is 1. The Hall–Kier alpha value is -0.980. The van der Waals surface area contributed by atoms with Crippen LogP contribution in [0.1, 0.15) is 38.8 Å². The summed E-state index contributed by atoms with van der Waals surface area (Å²) in [6.45, 7) is 9.06. The van der Waals surface area contributed by atoms with Gasteiger partial charge in [0, 0.05) is 11.7 Å². The molecule has 0 saturated heterocycles. The smallest absolute Gasteiger partial charge is 0.0413 e. The van der Waals surface area contributed by atoms with E-state index in [2.05, 4.69) is 51.2 Å². The number of benzene rings is 1. The third-order valence-corrected chi connectivity index (χ3v) is 2.88. The minimum absolute atomic E-state index is 0.238. The molecule has 1 aliphatic rings. The SMILES string of the molecule is C[C@@H]1Cc2cccc(C(C)(C)C)c2N1. The van der Waals surface area contributed by atoms with E-state index in [0.29, 0.717) is 6.04 Å². The average molecular weight is 189 g/mol. The van der Waals surface area contributed by atoms with Crippen LogP contribution >= 0.6 is 0 Å². The first-order chi connectivity index (χ1) is 6.48. The molecule has 0 spiro atoms. The predicted octanol–water partition coefficient (Wildman–Crippen LogP) is 3.34. The van der Waals surface area contributed by atoms with Gasteiger partial charge in [-0.15, -0.1) is 0 Å². The Bertz CT molecular complexity index is 347. The fraction of sp³-hybridized carbons (Fsp3) is 0.538. The number of fused-ring (bicyclic) bond motifs is 1. The Balaban J connectivity index is 2.50. The third kappa shape index (κ3) is 1.52. The molecule has 0 radical (unpaired) electrons. The van der Waals surface area contributed by atoms with Crippen molar-refractivity contribution in [2.24, 2.45) is 0 Å². The number of hydrogen-bond acceptors (Lipinski definition) is 1. The van der Waals surface area contributed by atoms with Crippen molar-refractivity contribution < 1.29 is 0 Å². The maximum Gasteiger partial charge on any atom is 0.0413 e. The van der Waals surface area contributed by atoms with E-state index in [0.717, 1.165) is 0 Å². The molecule has 2 rings (SSSR count). The molecule has 0 unspecified atom stereocenters. The van der Waals surface area contributed by atoms with E-state index in [9.17, 15) is 0 Å². The molecule has 14 heavy (non-hydrogen) atoms. The molecule has 0 fully saturated rings. The maximum absolute atomic E-state index is 3.57. The van der Waals surface area contributed by atoms with Crippen molar-refractivity contribution in [1.29, 1.82) is 0 Å². The van der Waals surface area contributed by atoms with Crippen LogP contribution in [-0.4, -0.2) is 6.04 Å². The van der Waals surface area contributed by atoms with Gasteiger partial charge in [-0.25, -0.2) is 0 Å². The zero-order valence-electron chi connectivity index (χ0n) is 9.52. The lowest BCUT2D eigenvalue weighted by atomic mass is 9.85. The minimum atomic E-state index is 0.238. The van der Waals surface area contributed by atoms with E-state index in [1.165, 1.54) is 23.2 Å². The lowest BCUT2D eigenvalue weighted by molar-refractivity contribution is 0.592. The highest BCUT2D eigenvalue weighted by Crippen LogP contribution is 2.36. The van der Waals surface area contributed by atoms with Crippen LogP contribution in [0.4, 0.5) is 5.69 Å². The number of rotatable bonds is 0. The highest BCUT2D eigenvalue weighted by atomic mass is 14.9. The summed E-state index contributed by atoms with van der Waals surface area (Å²) >= 11 is 0. The monoisotopic (exact) mass is 189 g/mol. The first-order valence-electron chi connectivity index (χ1n) is 5.37. The van der Waals surface area contributed by atoms with Crippen LogP contribution in [0.25, 0.3) is 0 Å². The van der Waals surface area contributed by atoms with Crippen molar-refractivity contribution in [3.63, 3.8) is 0 Å². The standard InChI is InChI=1S/C13H19N/c1-9-8-10-6-5-7-11(12(10)14-9)13(2,3)4/h5-7,9,14H,8H2,1-4H3/t9-/m1/s1. The summed E-state index contributed by atoms with van der Waals surface area (Å²) in [5.41, 5.74) is 4.54. The molecule has 1 aromatic rings. The second kappa shape index (κ2) is 3.01. The average Bonchev–Trinajstić information content (AvgIpc) is 2.41. The topological polar surface area (TPSA) is 12.0 Å². The van der Waals surface area contributed by atoms with Crippen LogP contribution < -0.4 is 5.32 Å². The van der Waals surface area contributed by atoms with Crippen molar-refractivity contribution in [2.75, 3.05) is 5.32 Å². The summed E-state index contributed by atoms with van der Waals surface area (Å²) in [7, 11) is 0. The van der Waals surface area contributed by atoms with Gasteiger partial charge in [0.25, 0.3) is 0 Å². The van der Waals surface area contributed by atoms with Crippen LogP contribution in [0.3, 0.4) is 0 Å². The Kier molecular flexibility index (Phi) is 2.06. The summed E-state index contributed by atoms with van der Waals surface area (Å²) in [4.78, 5) is 0. The molecule has 1 aromatic carbocycles. The number of nitrogens with one attached hydrogen (secondary N) is 1. The Labute approximate surface area is 86.5 Å². The van der Waals surface area contributed by atoms with E-state index >= 15 is 0 Å². The lowest BCUT2D eigenvalue weighted by Crippen LogP contribution is -2.15. The molecule has 0 aromatic heterocycles. The van der Waals surface area contributed by atoms with Crippen LogP contribution in [0.5, 0.6) is 0 Å². The Morgan fingerprint density at radius 2 is 2.00 bits per heavy atom. The van der Waals surface area contributed by atoms with Crippen molar-refractivity contribution in [3.8, 4) is 0 Å². The quantitative estimate of drug-likeness (QED) is 0.660. The molecule has 0 amide bonds. The highest BCUT2D eigenvalue weighted by Gasteiger charge is 2.24. The predicted molar refractivity (Wildman–Crippen MR) is 61.9 cm³/mol. The largest absolute Gasteiger partial charge is 0.382 e. The highest BCUT2D eigenvalue weighted by molar-refractivity contribution is 5.64. The van der Waals surface area contributed by atoms with Crippen molar-refractivity contribution in [2.45, 2.75) is 45.6 Å².